The molecule has 33 heavy (non-hydrogen) atoms. The van der Waals surface area contributed by atoms with E-state index in [9.17, 15) is 19.2 Å². The minimum absolute atomic E-state index is 0.0884. The Labute approximate surface area is 195 Å². The molecule has 3 amide bonds. The fourth-order valence-corrected chi connectivity index (χ4v) is 4.83. The number of carbonyl (C=O) groups is 2. The van der Waals surface area contributed by atoms with Crippen LogP contribution in [0.5, 0.6) is 0 Å². The third kappa shape index (κ3) is 5.06. The molecule has 11 nitrogen and oxygen atoms in total. The number of methoxy groups -OCH3 is 1. The van der Waals surface area contributed by atoms with Gasteiger partial charge in [0.1, 0.15) is 10.4 Å². The van der Waals surface area contributed by atoms with Crippen LogP contribution in [-0.2, 0) is 28.1 Å². The third-order valence-electron chi connectivity index (χ3n) is 5.54. The minimum atomic E-state index is -0.891. The summed E-state index contributed by atoms with van der Waals surface area (Å²) in [7, 11) is 1.54. The highest BCUT2D eigenvalue weighted by Gasteiger charge is 2.43. The highest BCUT2D eigenvalue weighted by Crippen LogP contribution is 2.41. The molecule has 2 heterocycles. The summed E-state index contributed by atoms with van der Waals surface area (Å²) >= 11 is 1.21. The van der Waals surface area contributed by atoms with Gasteiger partial charge in [-0.15, -0.1) is 11.3 Å². The summed E-state index contributed by atoms with van der Waals surface area (Å²) in [6.07, 6.45) is 0.674. The number of nitrogens with two attached hydrogens (primary N) is 1. The van der Waals surface area contributed by atoms with Crippen molar-refractivity contribution in [3.05, 3.63) is 31.3 Å². The van der Waals surface area contributed by atoms with E-state index in [1.54, 1.807) is 39.4 Å². The first-order chi connectivity index (χ1) is 15.3. The van der Waals surface area contributed by atoms with Gasteiger partial charge in [0.05, 0.1) is 30.6 Å². The van der Waals surface area contributed by atoms with Crippen LogP contribution in [0.3, 0.4) is 0 Å². The average Bonchev–Trinajstić information content (AvgIpc) is 3.33. The molecule has 12 heteroatoms. The first-order valence-electron chi connectivity index (χ1n) is 10.6. The molecular formula is C21H31N5O6S. The van der Waals surface area contributed by atoms with E-state index in [1.807, 2.05) is 6.92 Å². The number of urea groups is 1. The number of rotatable bonds is 6. The fourth-order valence-electron chi connectivity index (χ4n) is 3.53. The maximum atomic E-state index is 13.4. The number of nitrogens with zero attached hydrogens (tertiary/aromatic N) is 3. The third-order valence-corrected chi connectivity index (χ3v) is 6.84. The highest BCUT2D eigenvalue weighted by atomic mass is 32.1. The van der Waals surface area contributed by atoms with Crippen molar-refractivity contribution < 1.29 is 19.1 Å². The maximum absolute atomic E-state index is 13.4. The van der Waals surface area contributed by atoms with Crippen molar-refractivity contribution in [3.8, 4) is 0 Å². The van der Waals surface area contributed by atoms with E-state index in [0.717, 1.165) is 17.9 Å². The molecule has 3 N–H and O–H groups in total. The molecule has 1 saturated carbocycles. The number of primary amides is 1. The first kappa shape index (κ1) is 24.8. The summed E-state index contributed by atoms with van der Waals surface area (Å²) in [5, 5.41) is 1.34. The number of ether oxygens (including phenoxy) is 2. The Kier molecular flexibility index (Phi) is 6.62. The molecule has 0 aliphatic heterocycles. The number of nitrogens with one attached hydrogen (secondary N) is 1. The number of carbonyl (C=O) groups excluding carboxylic acids is 2. The van der Waals surface area contributed by atoms with Gasteiger partial charge in [0.2, 0.25) is 0 Å². The molecule has 2 aromatic heterocycles. The molecule has 3 rings (SSSR count). The SMILES string of the molecule is COCCn1c(=O)n(C2(C)CC2)c(=O)c2c(C)c(CN(NC(=O)OC(C)(C)C)C(N)=O)sc21. The van der Waals surface area contributed by atoms with Crippen LogP contribution in [0.1, 0.15) is 51.0 Å². The van der Waals surface area contributed by atoms with E-state index in [0.29, 0.717) is 27.3 Å². The van der Waals surface area contributed by atoms with Gasteiger partial charge in [-0.25, -0.2) is 24.8 Å². The average molecular weight is 482 g/mol. The minimum Gasteiger partial charge on any atom is -0.443 e. The quantitative estimate of drug-likeness (QED) is 0.606. The van der Waals surface area contributed by atoms with Crippen LogP contribution in [-0.4, -0.2) is 45.6 Å². The van der Waals surface area contributed by atoms with E-state index in [-0.39, 0.29) is 24.3 Å². The molecule has 0 bridgehead atoms. The molecule has 0 radical (unpaired) electrons. The van der Waals surface area contributed by atoms with Crippen LogP contribution < -0.4 is 22.4 Å². The highest BCUT2D eigenvalue weighted by molar-refractivity contribution is 7.18. The number of thiophene rings is 1. The van der Waals surface area contributed by atoms with E-state index >= 15 is 0 Å². The monoisotopic (exact) mass is 481 g/mol. The second kappa shape index (κ2) is 8.82. The van der Waals surface area contributed by atoms with Gasteiger partial charge in [0, 0.05) is 12.0 Å². The number of aryl methyl sites for hydroxylation is 1. The van der Waals surface area contributed by atoms with E-state index in [1.165, 1.54) is 15.9 Å². The zero-order chi connectivity index (χ0) is 24.7. The number of hydrazine groups is 1. The zero-order valence-electron chi connectivity index (χ0n) is 19.8. The Bertz CT molecular complexity index is 1200. The predicted octanol–water partition coefficient (Wildman–Crippen LogP) is 2.01. The van der Waals surface area contributed by atoms with E-state index in [2.05, 4.69) is 5.43 Å². The molecular weight excluding hydrogens is 450 g/mol. The first-order valence-corrected chi connectivity index (χ1v) is 11.4. The largest absolute Gasteiger partial charge is 0.443 e. The summed E-state index contributed by atoms with van der Waals surface area (Å²) in [4.78, 5) is 51.9. The second-order valence-electron chi connectivity index (χ2n) is 9.43. The van der Waals surface area contributed by atoms with E-state index < -0.39 is 23.3 Å². The summed E-state index contributed by atoms with van der Waals surface area (Å²) in [6.45, 7) is 9.22. The smallest absolute Gasteiger partial charge is 0.426 e. The number of hydrogen-bond donors (Lipinski definition) is 2. The van der Waals surface area contributed by atoms with Crippen molar-refractivity contribution in [2.24, 2.45) is 5.73 Å². The van der Waals surface area contributed by atoms with Crippen molar-refractivity contribution in [1.29, 1.82) is 0 Å². The Morgan fingerprint density at radius 1 is 1.27 bits per heavy atom. The van der Waals surface area contributed by atoms with Crippen molar-refractivity contribution in [3.63, 3.8) is 0 Å². The summed E-state index contributed by atoms with van der Waals surface area (Å²) in [5.41, 5.74) is 6.45. The van der Waals surface area contributed by atoms with Crippen LogP contribution >= 0.6 is 11.3 Å². The lowest BCUT2D eigenvalue weighted by atomic mass is 10.2. The van der Waals surface area contributed by atoms with Gasteiger partial charge in [-0.3, -0.25) is 13.9 Å². The molecule has 0 aromatic carbocycles. The number of amides is 3. The van der Waals surface area contributed by atoms with Crippen LogP contribution in [0, 0.1) is 6.92 Å². The lowest BCUT2D eigenvalue weighted by molar-refractivity contribution is 0.0376. The number of fused-ring (bicyclic) bond motifs is 1. The topological polar surface area (TPSA) is 138 Å². The van der Waals surface area contributed by atoms with Gasteiger partial charge in [-0.1, -0.05) is 0 Å². The fraction of sp³-hybridized carbons (Fsp3) is 0.619. The molecule has 182 valence electrons. The zero-order valence-corrected chi connectivity index (χ0v) is 20.6. The maximum Gasteiger partial charge on any atom is 0.426 e. The van der Waals surface area contributed by atoms with Crippen molar-refractivity contribution in [1.82, 2.24) is 19.6 Å². The molecule has 2 aromatic rings. The molecule has 0 saturated heterocycles. The lowest BCUT2D eigenvalue weighted by Gasteiger charge is -2.24. The van der Waals surface area contributed by atoms with Gasteiger partial charge in [0.15, 0.2) is 0 Å². The van der Waals surface area contributed by atoms with Crippen LogP contribution in [0.2, 0.25) is 0 Å². The molecule has 0 unspecified atom stereocenters. The summed E-state index contributed by atoms with van der Waals surface area (Å²) < 4.78 is 13.2. The number of aromatic nitrogens is 2. The van der Waals surface area contributed by atoms with Crippen molar-refractivity contribution in [2.75, 3.05) is 13.7 Å². The second-order valence-corrected chi connectivity index (χ2v) is 10.5. The van der Waals surface area contributed by atoms with Gasteiger partial charge in [-0.05, 0) is 53.0 Å². The Hall–Kier alpha value is -2.86. The van der Waals surface area contributed by atoms with Crippen molar-refractivity contribution >= 4 is 33.7 Å². The Morgan fingerprint density at radius 2 is 1.91 bits per heavy atom. The normalized spacial score (nSPS) is 14.8. The van der Waals surface area contributed by atoms with Gasteiger partial charge in [0.25, 0.3) is 5.56 Å². The molecule has 0 spiro atoms. The molecule has 1 aliphatic carbocycles. The Morgan fingerprint density at radius 3 is 2.42 bits per heavy atom. The molecule has 1 aliphatic rings. The molecule has 0 atom stereocenters. The van der Waals surface area contributed by atoms with Crippen LogP contribution in [0.4, 0.5) is 9.59 Å². The van der Waals surface area contributed by atoms with E-state index in [4.69, 9.17) is 15.2 Å². The van der Waals surface area contributed by atoms with Gasteiger partial charge >= 0.3 is 17.8 Å². The predicted molar refractivity (Wildman–Crippen MR) is 124 cm³/mol. The number of hydrogen-bond acceptors (Lipinski definition) is 7. The summed E-state index contributed by atoms with van der Waals surface area (Å²) in [6, 6.07) is -0.891. The van der Waals surface area contributed by atoms with Crippen LogP contribution in [0.25, 0.3) is 10.2 Å². The Balaban J connectivity index is 2.07. The van der Waals surface area contributed by atoms with Crippen molar-refractivity contribution in [2.45, 2.75) is 71.7 Å². The lowest BCUT2D eigenvalue weighted by Crippen LogP contribution is -2.49. The molecule has 1 fully saturated rings. The standard InChI is InChI=1S/C21H31N5O6S/c1-12-13(11-25(17(22)28)23-18(29)32-20(2,3)4)33-16-14(12)15(27)26(21(5)7-8-21)19(30)24(16)9-10-31-6/h7-11H2,1-6H3,(H2,22,28)(H,23,29). The summed E-state index contributed by atoms with van der Waals surface area (Å²) in [5.74, 6) is 0. The van der Waals surface area contributed by atoms with Gasteiger partial charge in [-0.2, -0.15) is 0 Å². The van der Waals surface area contributed by atoms with Gasteiger partial charge < -0.3 is 15.2 Å². The van der Waals surface area contributed by atoms with Crippen LogP contribution in [0.15, 0.2) is 9.59 Å².